The van der Waals surface area contributed by atoms with Gasteiger partial charge in [-0.15, -0.1) is 0 Å². The predicted octanol–water partition coefficient (Wildman–Crippen LogP) is 5.63. The Morgan fingerprint density at radius 1 is 1.16 bits per heavy atom. The first-order valence-electron chi connectivity index (χ1n) is 9.65. The Bertz CT molecular complexity index is 1010. The minimum atomic E-state index is -4.42. The largest absolute Gasteiger partial charge is 0.494 e. The predicted molar refractivity (Wildman–Crippen MR) is 115 cm³/mol. The fourth-order valence-corrected chi connectivity index (χ4v) is 3.77. The SMILES string of the molecule is CCOc1ccc(NC(=O)C(C)Sc2ncc(-c3ccccc3)n2CC(F)(F)F)cc1. The molecule has 1 atom stereocenters. The van der Waals surface area contributed by atoms with E-state index >= 15 is 0 Å². The van der Waals surface area contributed by atoms with Crippen molar-refractivity contribution in [3.63, 3.8) is 0 Å². The molecule has 2 aromatic carbocycles. The van der Waals surface area contributed by atoms with Gasteiger partial charge < -0.3 is 14.6 Å². The van der Waals surface area contributed by atoms with Crippen molar-refractivity contribution in [2.45, 2.75) is 37.0 Å². The average molecular weight is 449 g/mol. The maximum Gasteiger partial charge on any atom is 0.406 e. The number of alkyl halides is 3. The summed E-state index contributed by atoms with van der Waals surface area (Å²) in [4.78, 5) is 16.7. The Morgan fingerprint density at radius 3 is 2.45 bits per heavy atom. The van der Waals surface area contributed by atoms with E-state index in [0.717, 1.165) is 16.3 Å². The summed E-state index contributed by atoms with van der Waals surface area (Å²) in [6, 6.07) is 15.6. The first kappa shape index (κ1) is 22.7. The number of nitrogens with one attached hydrogen (secondary N) is 1. The summed E-state index contributed by atoms with van der Waals surface area (Å²) in [5.41, 5.74) is 1.54. The van der Waals surface area contributed by atoms with Gasteiger partial charge in [-0.1, -0.05) is 42.1 Å². The van der Waals surface area contributed by atoms with Crippen LogP contribution in [0.25, 0.3) is 11.3 Å². The standard InChI is InChI=1S/C22H22F3N3O2S/c1-3-30-18-11-9-17(10-12-18)27-20(29)15(2)31-21-26-13-19(16-7-5-4-6-8-16)28(21)14-22(23,24)25/h4-13,15H,3,14H2,1-2H3,(H,27,29). The van der Waals surface area contributed by atoms with E-state index in [-0.39, 0.29) is 11.1 Å². The summed E-state index contributed by atoms with van der Waals surface area (Å²) in [6.45, 7) is 2.85. The van der Waals surface area contributed by atoms with Crippen molar-refractivity contribution in [2.24, 2.45) is 0 Å². The first-order chi connectivity index (χ1) is 14.8. The monoisotopic (exact) mass is 449 g/mol. The van der Waals surface area contributed by atoms with E-state index in [1.165, 1.54) is 6.20 Å². The van der Waals surface area contributed by atoms with Crippen molar-refractivity contribution in [2.75, 3.05) is 11.9 Å². The number of halogens is 3. The Kier molecular flexibility index (Phi) is 7.27. The molecule has 0 bridgehead atoms. The molecule has 0 radical (unpaired) electrons. The molecule has 31 heavy (non-hydrogen) atoms. The van der Waals surface area contributed by atoms with Crippen molar-refractivity contribution >= 4 is 23.4 Å². The smallest absolute Gasteiger partial charge is 0.406 e. The second-order valence-corrected chi connectivity index (χ2v) is 8.01. The molecule has 1 N–H and O–H groups in total. The van der Waals surface area contributed by atoms with Crippen LogP contribution in [0.15, 0.2) is 66.0 Å². The lowest BCUT2D eigenvalue weighted by molar-refractivity contribution is -0.141. The summed E-state index contributed by atoms with van der Waals surface area (Å²) >= 11 is 0.980. The summed E-state index contributed by atoms with van der Waals surface area (Å²) in [6.07, 6.45) is -3.02. The van der Waals surface area contributed by atoms with Crippen LogP contribution in [0.4, 0.5) is 18.9 Å². The fourth-order valence-electron chi connectivity index (χ4n) is 2.88. The minimum absolute atomic E-state index is 0.130. The van der Waals surface area contributed by atoms with E-state index < -0.39 is 18.0 Å². The molecule has 0 aliphatic heterocycles. The van der Waals surface area contributed by atoms with Gasteiger partial charge in [0.2, 0.25) is 5.91 Å². The molecule has 5 nitrogen and oxygen atoms in total. The third kappa shape index (κ3) is 6.27. The zero-order valence-electron chi connectivity index (χ0n) is 17.0. The van der Waals surface area contributed by atoms with Crippen molar-refractivity contribution in [1.82, 2.24) is 9.55 Å². The van der Waals surface area contributed by atoms with Crippen LogP contribution in [0, 0.1) is 0 Å². The van der Waals surface area contributed by atoms with Gasteiger partial charge >= 0.3 is 6.18 Å². The quantitative estimate of drug-likeness (QED) is 0.453. The second kappa shape index (κ2) is 9.91. The van der Waals surface area contributed by atoms with Crippen molar-refractivity contribution in [1.29, 1.82) is 0 Å². The average Bonchev–Trinajstić information content (AvgIpc) is 3.10. The molecule has 9 heteroatoms. The molecule has 0 aliphatic carbocycles. The number of hydrogen-bond acceptors (Lipinski definition) is 4. The van der Waals surface area contributed by atoms with Crippen LogP contribution in [0.2, 0.25) is 0 Å². The van der Waals surface area contributed by atoms with Gasteiger partial charge in [0.1, 0.15) is 12.3 Å². The van der Waals surface area contributed by atoms with Gasteiger partial charge in [0.15, 0.2) is 5.16 Å². The highest BCUT2D eigenvalue weighted by Gasteiger charge is 2.31. The van der Waals surface area contributed by atoms with Crippen LogP contribution in [-0.4, -0.2) is 33.5 Å². The molecule has 0 spiro atoms. The van der Waals surface area contributed by atoms with E-state index in [1.54, 1.807) is 61.5 Å². The number of rotatable bonds is 8. The Hall–Kier alpha value is -2.94. The summed E-state index contributed by atoms with van der Waals surface area (Å²) in [7, 11) is 0. The normalized spacial score (nSPS) is 12.4. The highest BCUT2D eigenvalue weighted by molar-refractivity contribution is 8.00. The van der Waals surface area contributed by atoms with Gasteiger partial charge in [0, 0.05) is 5.69 Å². The first-order valence-corrected chi connectivity index (χ1v) is 10.5. The maximum atomic E-state index is 13.2. The second-order valence-electron chi connectivity index (χ2n) is 6.70. The Morgan fingerprint density at radius 2 is 1.84 bits per heavy atom. The number of benzene rings is 2. The highest BCUT2D eigenvalue weighted by Crippen LogP contribution is 2.32. The molecule has 1 heterocycles. The van der Waals surface area contributed by atoms with E-state index in [1.807, 2.05) is 6.92 Å². The summed E-state index contributed by atoms with van der Waals surface area (Å²) in [5.74, 6) is 0.350. The summed E-state index contributed by atoms with van der Waals surface area (Å²) in [5, 5.41) is 2.23. The fraction of sp³-hybridized carbons (Fsp3) is 0.273. The molecule has 0 saturated heterocycles. The molecule has 1 unspecified atom stereocenters. The topological polar surface area (TPSA) is 56.1 Å². The number of imidazole rings is 1. The molecule has 3 aromatic rings. The maximum absolute atomic E-state index is 13.2. The Labute approximate surface area is 182 Å². The van der Waals surface area contributed by atoms with Crippen LogP contribution in [0.5, 0.6) is 5.75 Å². The zero-order chi connectivity index (χ0) is 22.4. The molecule has 0 saturated carbocycles. The number of carbonyl (C=O) groups excluding carboxylic acids is 1. The van der Waals surface area contributed by atoms with Gasteiger partial charge in [-0.3, -0.25) is 4.79 Å². The zero-order valence-corrected chi connectivity index (χ0v) is 17.8. The minimum Gasteiger partial charge on any atom is -0.494 e. The number of amides is 1. The molecular formula is C22H22F3N3O2S. The van der Waals surface area contributed by atoms with Crippen molar-refractivity contribution < 1.29 is 22.7 Å². The van der Waals surface area contributed by atoms with Gasteiger partial charge in [-0.25, -0.2) is 4.98 Å². The highest BCUT2D eigenvalue weighted by atomic mass is 32.2. The lowest BCUT2D eigenvalue weighted by atomic mass is 10.2. The molecule has 1 amide bonds. The molecule has 3 rings (SSSR count). The molecule has 164 valence electrons. The van der Waals surface area contributed by atoms with Crippen LogP contribution < -0.4 is 10.1 Å². The van der Waals surface area contributed by atoms with Gasteiger partial charge in [0.25, 0.3) is 0 Å². The number of nitrogens with zero attached hydrogens (tertiary/aromatic N) is 2. The van der Waals surface area contributed by atoms with Crippen LogP contribution >= 0.6 is 11.8 Å². The van der Waals surface area contributed by atoms with Crippen LogP contribution in [0.3, 0.4) is 0 Å². The molecule has 1 aromatic heterocycles. The molecule has 0 fully saturated rings. The van der Waals surface area contributed by atoms with Crippen LogP contribution in [-0.2, 0) is 11.3 Å². The van der Waals surface area contributed by atoms with E-state index in [2.05, 4.69) is 10.3 Å². The third-order valence-electron chi connectivity index (χ3n) is 4.31. The van der Waals surface area contributed by atoms with E-state index in [9.17, 15) is 18.0 Å². The van der Waals surface area contributed by atoms with Gasteiger partial charge in [0.05, 0.1) is 23.7 Å². The van der Waals surface area contributed by atoms with Crippen molar-refractivity contribution in [3.8, 4) is 17.0 Å². The van der Waals surface area contributed by atoms with E-state index in [0.29, 0.717) is 29.3 Å². The summed E-state index contributed by atoms with van der Waals surface area (Å²) < 4.78 is 46.1. The van der Waals surface area contributed by atoms with Gasteiger partial charge in [-0.05, 0) is 43.7 Å². The van der Waals surface area contributed by atoms with E-state index in [4.69, 9.17) is 4.74 Å². The molecular weight excluding hydrogens is 427 g/mol. The number of thioether (sulfide) groups is 1. The Balaban J connectivity index is 1.76. The lowest BCUT2D eigenvalue weighted by Crippen LogP contribution is -2.24. The lowest BCUT2D eigenvalue weighted by Gasteiger charge is -2.16. The molecule has 0 aliphatic rings. The number of anilines is 1. The van der Waals surface area contributed by atoms with Crippen molar-refractivity contribution in [3.05, 3.63) is 60.8 Å². The number of ether oxygens (including phenoxy) is 1. The third-order valence-corrected chi connectivity index (χ3v) is 5.41. The van der Waals surface area contributed by atoms with Gasteiger partial charge in [-0.2, -0.15) is 13.2 Å². The number of hydrogen-bond donors (Lipinski definition) is 1. The van der Waals surface area contributed by atoms with Crippen LogP contribution in [0.1, 0.15) is 13.8 Å². The number of carbonyl (C=O) groups is 1. The number of aromatic nitrogens is 2.